The van der Waals surface area contributed by atoms with E-state index in [1.165, 1.54) is 24.3 Å². The number of nitrogens with one attached hydrogen (secondary N) is 2. The van der Waals surface area contributed by atoms with Crippen LogP contribution in [0.25, 0.3) is 0 Å². The van der Waals surface area contributed by atoms with Crippen LogP contribution in [-0.2, 0) is 21.2 Å². The van der Waals surface area contributed by atoms with Crippen LogP contribution >= 0.6 is 11.6 Å². The van der Waals surface area contributed by atoms with Crippen molar-refractivity contribution in [3.8, 4) is 0 Å². The molecule has 0 spiro atoms. The van der Waals surface area contributed by atoms with Gasteiger partial charge in [0.15, 0.2) is 0 Å². The minimum absolute atomic E-state index is 0.0690. The molecule has 1 fully saturated rings. The lowest BCUT2D eigenvalue weighted by Gasteiger charge is -2.12. The Labute approximate surface area is 170 Å². The van der Waals surface area contributed by atoms with E-state index in [2.05, 4.69) is 10.0 Å². The molecule has 1 atom stereocenters. The Hall–Kier alpha value is -1.93. The lowest BCUT2D eigenvalue weighted by molar-refractivity contribution is 0.0954. The van der Waals surface area contributed by atoms with Crippen LogP contribution in [0.2, 0.25) is 5.02 Å². The molecule has 1 aliphatic heterocycles. The van der Waals surface area contributed by atoms with Gasteiger partial charge < -0.3 is 10.1 Å². The van der Waals surface area contributed by atoms with Gasteiger partial charge in [-0.3, -0.25) is 4.79 Å². The van der Waals surface area contributed by atoms with Gasteiger partial charge in [-0.05, 0) is 61.2 Å². The van der Waals surface area contributed by atoms with Crippen LogP contribution in [0.4, 0.5) is 0 Å². The van der Waals surface area contributed by atoms with E-state index in [-0.39, 0.29) is 23.5 Å². The maximum absolute atomic E-state index is 12.3. The SMILES string of the molecule is O=C(NCCc1ccc(Cl)cc1)c1ccc(S(=O)(=O)NC[C@H]2CCCO2)cc1. The van der Waals surface area contributed by atoms with E-state index >= 15 is 0 Å². The Morgan fingerprint density at radius 1 is 1.11 bits per heavy atom. The van der Waals surface area contributed by atoms with Crippen molar-refractivity contribution in [3.05, 3.63) is 64.7 Å². The fraction of sp³-hybridized carbons (Fsp3) is 0.350. The van der Waals surface area contributed by atoms with Crippen molar-refractivity contribution >= 4 is 27.5 Å². The summed E-state index contributed by atoms with van der Waals surface area (Å²) < 4.78 is 32.7. The van der Waals surface area contributed by atoms with Crippen molar-refractivity contribution in [2.45, 2.75) is 30.3 Å². The highest BCUT2D eigenvalue weighted by atomic mass is 35.5. The summed E-state index contributed by atoms with van der Waals surface area (Å²) in [7, 11) is -3.62. The zero-order valence-electron chi connectivity index (χ0n) is 15.4. The molecule has 8 heteroatoms. The normalized spacial score (nSPS) is 16.8. The maximum Gasteiger partial charge on any atom is 0.251 e. The van der Waals surface area contributed by atoms with Gasteiger partial charge in [-0.1, -0.05) is 23.7 Å². The van der Waals surface area contributed by atoms with E-state index in [0.29, 0.717) is 30.2 Å². The molecule has 2 N–H and O–H groups in total. The van der Waals surface area contributed by atoms with Crippen molar-refractivity contribution in [1.29, 1.82) is 0 Å². The third-order valence-electron chi connectivity index (χ3n) is 4.56. The molecule has 28 heavy (non-hydrogen) atoms. The van der Waals surface area contributed by atoms with E-state index in [9.17, 15) is 13.2 Å². The van der Waals surface area contributed by atoms with Gasteiger partial charge in [-0.25, -0.2) is 13.1 Å². The van der Waals surface area contributed by atoms with Crippen LogP contribution in [0.5, 0.6) is 0 Å². The lowest BCUT2D eigenvalue weighted by atomic mass is 10.1. The number of rotatable bonds is 8. The third-order valence-corrected chi connectivity index (χ3v) is 6.26. The summed E-state index contributed by atoms with van der Waals surface area (Å²) in [6.07, 6.45) is 2.43. The highest BCUT2D eigenvalue weighted by Crippen LogP contribution is 2.14. The van der Waals surface area contributed by atoms with Crippen LogP contribution in [-0.4, -0.2) is 40.1 Å². The highest BCUT2D eigenvalue weighted by Gasteiger charge is 2.20. The summed E-state index contributed by atoms with van der Waals surface area (Å²) in [5, 5.41) is 3.50. The average Bonchev–Trinajstić information content (AvgIpc) is 3.22. The number of hydrogen-bond donors (Lipinski definition) is 2. The molecule has 2 aromatic rings. The first-order valence-electron chi connectivity index (χ1n) is 9.18. The summed E-state index contributed by atoms with van der Waals surface area (Å²) in [6.45, 7) is 1.41. The average molecular weight is 423 g/mol. The zero-order chi connectivity index (χ0) is 20.0. The molecule has 0 radical (unpaired) electrons. The van der Waals surface area contributed by atoms with Crippen molar-refractivity contribution in [2.75, 3.05) is 19.7 Å². The second-order valence-electron chi connectivity index (χ2n) is 6.64. The fourth-order valence-electron chi connectivity index (χ4n) is 2.95. The van der Waals surface area contributed by atoms with E-state index in [4.69, 9.17) is 16.3 Å². The standard InChI is InChI=1S/C20H23ClN2O4S/c21-17-7-3-15(4-8-17)11-12-22-20(24)16-5-9-19(10-6-16)28(25,26)23-14-18-2-1-13-27-18/h3-10,18,23H,1-2,11-14H2,(H,22,24)/t18-/m1/s1. The molecule has 0 aromatic heterocycles. The smallest absolute Gasteiger partial charge is 0.251 e. The fourth-order valence-corrected chi connectivity index (χ4v) is 4.14. The topological polar surface area (TPSA) is 84.5 Å². The number of benzene rings is 2. The van der Waals surface area contributed by atoms with Crippen molar-refractivity contribution < 1.29 is 17.9 Å². The second kappa shape index (κ2) is 9.52. The summed E-state index contributed by atoms with van der Waals surface area (Å²) in [5.74, 6) is -0.245. The van der Waals surface area contributed by atoms with Gasteiger partial charge in [0.25, 0.3) is 5.91 Å². The number of carbonyl (C=O) groups is 1. The molecular weight excluding hydrogens is 400 g/mol. The molecule has 1 saturated heterocycles. The first-order valence-corrected chi connectivity index (χ1v) is 11.0. The number of hydrogen-bond acceptors (Lipinski definition) is 4. The predicted octanol–water partition coefficient (Wildman–Crippen LogP) is 2.77. The van der Waals surface area contributed by atoms with E-state index < -0.39 is 10.0 Å². The van der Waals surface area contributed by atoms with Gasteiger partial charge in [0.2, 0.25) is 10.0 Å². The van der Waals surface area contributed by atoms with Gasteiger partial charge >= 0.3 is 0 Å². The quantitative estimate of drug-likeness (QED) is 0.685. The highest BCUT2D eigenvalue weighted by molar-refractivity contribution is 7.89. The Morgan fingerprint density at radius 3 is 2.46 bits per heavy atom. The first kappa shape index (κ1) is 20.8. The number of carbonyl (C=O) groups excluding carboxylic acids is 1. The predicted molar refractivity (Wildman–Crippen MR) is 108 cm³/mol. The van der Waals surface area contributed by atoms with Crippen LogP contribution in [0, 0.1) is 0 Å². The minimum Gasteiger partial charge on any atom is -0.377 e. The molecule has 2 aromatic carbocycles. The van der Waals surface area contributed by atoms with Crippen LogP contribution in [0.1, 0.15) is 28.8 Å². The molecule has 0 unspecified atom stereocenters. The molecule has 0 bridgehead atoms. The number of ether oxygens (including phenoxy) is 1. The molecule has 1 aliphatic rings. The molecular formula is C20H23ClN2O4S. The number of sulfonamides is 1. The van der Waals surface area contributed by atoms with E-state index in [1.807, 2.05) is 24.3 Å². The Morgan fingerprint density at radius 2 is 1.82 bits per heavy atom. The van der Waals surface area contributed by atoms with Gasteiger partial charge in [0.05, 0.1) is 11.0 Å². The van der Waals surface area contributed by atoms with Crippen LogP contribution in [0.3, 0.4) is 0 Å². The second-order valence-corrected chi connectivity index (χ2v) is 8.85. The first-order chi connectivity index (χ1) is 13.4. The Bertz CT molecular complexity index is 893. The van der Waals surface area contributed by atoms with E-state index in [1.54, 1.807) is 0 Å². The van der Waals surface area contributed by atoms with Crippen LogP contribution in [0.15, 0.2) is 53.4 Å². The molecule has 0 aliphatic carbocycles. The summed E-state index contributed by atoms with van der Waals surface area (Å²) in [5.41, 5.74) is 1.48. The molecule has 1 heterocycles. The molecule has 150 valence electrons. The van der Waals surface area contributed by atoms with E-state index in [0.717, 1.165) is 18.4 Å². The molecule has 0 saturated carbocycles. The van der Waals surface area contributed by atoms with Gasteiger partial charge in [-0.2, -0.15) is 0 Å². The van der Waals surface area contributed by atoms with Gasteiger partial charge in [-0.15, -0.1) is 0 Å². The zero-order valence-corrected chi connectivity index (χ0v) is 16.9. The van der Waals surface area contributed by atoms with Gasteiger partial charge in [0.1, 0.15) is 0 Å². The largest absolute Gasteiger partial charge is 0.377 e. The van der Waals surface area contributed by atoms with Crippen LogP contribution < -0.4 is 10.0 Å². The molecule has 3 rings (SSSR count). The summed E-state index contributed by atoms with van der Waals surface area (Å²) >= 11 is 5.85. The van der Waals surface area contributed by atoms with Crippen molar-refractivity contribution in [1.82, 2.24) is 10.0 Å². The van der Waals surface area contributed by atoms with Gasteiger partial charge in [0, 0.05) is 30.3 Å². The summed E-state index contributed by atoms with van der Waals surface area (Å²) in [6, 6.07) is 13.3. The Balaban J connectivity index is 1.50. The Kier molecular flexibility index (Phi) is 7.07. The number of halogens is 1. The molecule has 1 amide bonds. The number of amides is 1. The van der Waals surface area contributed by atoms with Crippen molar-refractivity contribution in [2.24, 2.45) is 0 Å². The third kappa shape index (κ3) is 5.78. The lowest BCUT2D eigenvalue weighted by Crippen LogP contribution is -2.32. The summed E-state index contributed by atoms with van der Waals surface area (Å²) in [4.78, 5) is 12.4. The molecule has 6 nitrogen and oxygen atoms in total. The maximum atomic E-state index is 12.3. The monoisotopic (exact) mass is 422 g/mol. The minimum atomic E-state index is -3.62. The van der Waals surface area contributed by atoms with Crippen molar-refractivity contribution in [3.63, 3.8) is 0 Å².